The van der Waals surface area contributed by atoms with E-state index >= 15 is 0 Å². The maximum absolute atomic E-state index is 9.64. The zero-order valence-electron chi connectivity index (χ0n) is 19.3. The fourth-order valence-electron chi connectivity index (χ4n) is 4.67. The molecule has 4 heterocycles. The second-order valence-corrected chi connectivity index (χ2v) is 8.79. The lowest BCUT2D eigenvalue weighted by molar-refractivity contribution is 0.715. The maximum Gasteiger partial charge on any atom is 0.179 e. The summed E-state index contributed by atoms with van der Waals surface area (Å²) in [6, 6.07) is 22.2. The summed E-state index contributed by atoms with van der Waals surface area (Å²) in [4.78, 5) is 19.3. The number of aryl methyl sites for hydroxylation is 2. The molecule has 4 aromatic heterocycles. The summed E-state index contributed by atoms with van der Waals surface area (Å²) in [6.07, 6.45) is 0.754. The fourth-order valence-corrected chi connectivity index (χ4v) is 4.67. The molecule has 0 saturated carbocycles. The maximum atomic E-state index is 9.64. The average molecular weight is 457 g/mol. The van der Waals surface area contributed by atoms with Crippen LogP contribution in [0.3, 0.4) is 0 Å². The Morgan fingerprint density at radius 1 is 0.800 bits per heavy atom. The first-order valence-electron chi connectivity index (χ1n) is 11.5. The van der Waals surface area contributed by atoms with Crippen LogP contribution in [0, 0.1) is 22.7 Å². The van der Waals surface area contributed by atoms with Gasteiger partial charge in [0.15, 0.2) is 22.7 Å². The van der Waals surface area contributed by atoms with Crippen molar-refractivity contribution in [3.63, 3.8) is 0 Å². The molecule has 6 rings (SSSR count). The summed E-state index contributed by atoms with van der Waals surface area (Å²) in [5, 5.41) is 20.0. The minimum absolute atomic E-state index is 0.00399. The first kappa shape index (κ1) is 20.8. The van der Waals surface area contributed by atoms with Crippen LogP contribution in [-0.2, 0) is 13.0 Å². The highest BCUT2D eigenvalue weighted by atomic mass is 15.2. The Balaban J connectivity index is 1.76. The lowest BCUT2D eigenvalue weighted by atomic mass is 10.1. The Hall–Kier alpha value is -4.82. The topological polar surface area (TPSA) is 108 Å². The van der Waals surface area contributed by atoms with Crippen LogP contribution in [0.4, 0.5) is 0 Å². The van der Waals surface area contributed by atoms with E-state index in [-0.39, 0.29) is 17.3 Å². The standard InChI is InChI=1S/C27H20N8/c1-16(2)24-33-25-22(26-31-18-10-6-7-11-21(18)35(24)26)23-27(32-20(15-29)19(14-28)30-23)34(25)13-12-17-8-4-3-5-9-17/h3-11,16H,12-13H2,1-2H3. The number of aromatic nitrogens is 6. The highest BCUT2D eigenvalue weighted by Gasteiger charge is 2.24. The van der Waals surface area contributed by atoms with Gasteiger partial charge in [0.1, 0.15) is 29.1 Å². The van der Waals surface area contributed by atoms with Gasteiger partial charge in [0.25, 0.3) is 0 Å². The fraction of sp³-hybridized carbons (Fsp3) is 0.185. The molecule has 0 saturated heterocycles. The van der Waals surface area contributed by atoms with E-state index in [1.807, 2.05) is 59.2 Å². The molecule has 0 bridgehead atoms. The minimum atomic E-state index is 0.00399. The summed E-state index contributed by atoms with van der Waals surface area (Å²) in [5.74, 6) is 1.01. The van der Waals surface area contributed by atoms with Gasteiger partial charge in [0, 0.05) is 12.5 Å². The molecular weight excluding hydrogens is 436 g/mol. The lowest BCUT2D eigenvalue weighted by Crippen LogP contribution is -2.08. The van der Waals surface area contributed by atoms with Crippen LogP contribution in [0.25, 0.3) is 38.9 Å². The van der Waals surface area contributed by atoms with Gasteiger partial charge in [-0.3, -0.25) is 4.40 Å². The number of rotatable bonds is 4. The van der Waals surface area contributed by atoms with Crippen LogP contribution in [-0.4, -0.2) is 28.9 Å². The first-order valence-corrected chi connectivity index (χ1v) is 11.5. The monoisotopic (exact) mass is 456 g/mol. The van der Waals surface area contributed by atoms with Gasteiger partial charge in [0.2, 0.25) is 0 Å². The van der Waals surface area contributed by atoms with Gasteiger partial charge in [-0.05, 0) is 24.1 Å². The minimum Gasteiger partial charge on any atom is -0.308 e. The van der Waals surface area contributed by atoms with Crippen molar-refractivity contribution in [2.45, 2.75) is 32.7 Å². The van der Waals surface area contributed by atoms with Gasteiger partial charge in [-0.2, -0.15) is 10.5 Å². The molecule has 0 aliphatic rings. The highest BCUT2D eigenvalue weighted by molar-refractivity contribution is 6.11. The molecule has 0 radical (unpaired) electrons. The number of hydrogen-bond donors (Lipinski definition) is 0. The normalized spacial score (nSPS) is 11.6. The first-order chi connectivity index (χ1) is 17.1. The number of nitriles is 2. The van der Waals surface area contributed by atoms with Crippen molar-refractivity contribution in [2.24, 2.45) is 0 Å². The van der Waals surface area contributed by atoms with Gasteiger partial charge in [-0.15, -0.1) is 0 Å². The molecule has 35 heavy (non-hydrogen) atoms. The second kappa shape index (κ2) is 7.89. The van der Waals surface area contributed by atoms with E-state index in [1.54, 1.807) is 0 Å². The van der Waals surface area contributed by atoms with E-state index in [1.165, 1.54) is 5.56 Å². The van der Waals surface area contributed by atoms with E-state index in [4.69, 9.17) is 9.97 Å². The molecule has 0 aliphatic carbocycles. The molecule has 8 nitrogen and oxygen atoms in total. The van der Waals surface area contributed by atoms with Crippen LogP contribution < -0.4 is 0 Å². The summed E-state index contributed by atoms with van der Waals surface area (Å²) in [5.41, 5.74) is 5.53. The summed E-state index contributed by atoms with van der Waals surface area (Å²) in [7, 11) is 0. The summed E-state index contributed by atoms with van der Waals surface area (Å²) in [6.45, 7) is 4.81. The molecule has 0 amide bonds. The van der Waals surface area contributed by atoms with Crippen LogP contribution in [0.1, 0.15) is 42.5 Å². The number of fused-ring (bicyclic) bond motifs is 7. The Morgan fingerprint density at radius 2 is 1.51 bits per heavy atom. The number of nitrogens with zero attached hydrogens (tertiary/aromatic N) is 8. The zero-order valence-corrected chi connectivity index (χ0v) is 19.3. The largest absolute Gasteiger partial charge is 0.308 e. The Bertz CT molecular complexity index is 1850. The molecule has 0 spiro atoms. The predicted octanol–water partition coefficient (Wildman–Crippen LogP) is 4.89. The van der Waals surface area contributed by atoms with Crippen LogP contribution in [0.2, 0.25) is 0 Å². The molecular formula is C27H20N8. The van der Waals surface area contributed by atoms with Crippen molar-refractivity contribution in [1.29, 1.82) is 10.5 Å². The van der Waals surface area contributed by atoms with Crippen LogP contribution >= 0.6 is 0 Å². The quantitative estimate of drug-likeness (QED) is 0.374. The van der Waals surface area contributed by atoms with E-state index in [0.29, 0.717) is 23.4 Å². The number of imidazole rings is 1. The molecule has 0 unspecified atom stereocenters. The molecule has 0 fully saturated rings. The van der Waals surface area contributed by atoms with E-state index in [9.17, 15) is 10.5 Å². The van der Waals surface area contributed by atoms with Gasteiger partial charge in [0.05, 0.1) is 16.4 Å². The average Bonchev–Trinajstić information content (AvgIpc) is 3.41. The molecule has 6 aromatic rings. The van der Waals surface area contributed by atoms with Gasteiger partial charge in [-0.1, -0.05) is 56.3 Å². The van der Waals surface area contributed by atoms with Crippen LogP contribution in [0.5, 0.6) is 0 Å². The smallest absolute Gasteiger partial charge is 0.179 e. The summed E-state index contributed by atoms with van der Waals surface area (Å²) < 4.78 is 4.09. The van der Waals surface area contributed by atoms with Gasteiger partial charge < -0.3 is 4.57 Å². The molecule has 0 N–H and O–H groups in total. The third-order valence-electron chi connectivity index (χ3n) is 6.28. The third kappa shape index (κ3) is 3.12. The van der Waals surface area contributed by atoms with E-state index in [0.717, 1.165) is 34.3 Å². The number of hydrogen-bond acceptors (Lipinski definition) is 6. The SMILES string of the molecule is CC(C)c1nc2c(c3nc(C#N)c(C#N)nc3n2CCc2ccccc2)c2nc3ccccc3n12. The van der Waals surface area contributed by atoms with E-state index in [2.05, 4.69) is 40.3 Å². The third-order valence-corrected chi connectivity index (χ3v) is 6.28. The van der Waals surface area contributed by atoms with Crippen molar-refractivity contribution >= 4 is 38.9 Å². The summed E-state index contributed by atoms with van der Waals surface area (Å²) >= 11 is 0. The highest BCUT2D eigenvalue weighted by Crippen LogP contribution is 2.34. The molecule has 0 aliphatic heterocycles. The van der Waals surface area contributed by atoms with Crippen molar-refractivity contribution in [3.8, 4) is 12.1 Å². The molecule has 168 valence electrons. The Labute approximate surface area is 200 Å². The molecule has 0 atom stereocenters. The predicted molar refractivity (Wildman–Crippen MR) is 133 cm³/mol. The second-order valence-electron chi connectivity index (χ2n) is 8.79. The lowest BCUT2D eigenvalue weighted by Gasteiger charge is -2.12. The zero-order chi connectivity index (χ0) is 24.1. The van der Waals surface area contributed by atoms with Crippen molar-refractivity contribution < 1.29 is 0 Å². The number of para-hydroxylation sites is 2. The van der Waals surface area contributed by atoms with Crippen LogP contribution in [0.15, 0.2) is 54.6 Å². The Kier molecular flexibility index (Phi) is 4.68. The Morgan fingerprint density at radius 3 is 2.26 bits per heavy atom. The van der Waals surface area contributed by atoms with Gasteiger partial charge in [-0.25, -0.2) is 19.9 Å². The van der Waals surface area contributed by atoms with Gasteiger partial charge >= 0.3 is 0 Å². The molecule has 2 aromatic carbocycles. The van der Waals surface area contributed by atoms with Crippen molar-refractivity contribution in [1.82, 2.24) is 28.9 Å². The number of benzene rings is 2. The molecule has 8 heteroatoms. The van der Waals surface area contributed by atoms with Crippen molar-refractivity contribution in [3.05, 3.63) is 77.4 Å². The van der Waals surface area contributed by atoms with Crippen molar-refractivity contribution in [2.75, 3.05) is 0 Å². The van der Waals surface area contributed by atoms with E-state index < -0.39 is 0 Å².